The number of carbonyl (C=O) groups excluding carboxylic acids is 2. The molecule has 0 spiro atoms. The molecule has 0 aliphatic rings. The number of aliphatic hydroxyl groups excluding tert-OH is 2. The first-order valence-electron chi connectivity index (χ1n) is 31.1. The molecule has 0 aliphatic carbocycles. The van der Waals surface area contributed by atoms with Crippen molar-refractivity contribution in [1.29, 1.82) is 0 Å². The second-order valence-electron chi connectivity index (χ2n) is 21.4. The predicted molar refractivity (Wildman–Crippen MR) is 301 cm³/mol. The van der Waals surface area contributed by atoms with Crippen LogP contribution in [0, 0.1) is 0 Å². The summed E-state index contributed by atoms with van der Waals surface area (Å²) < 4.78 is 5.49. The Hall–Kier alpha value is -1.66. The van der Waals surface area contributed by atoms with E-state index in [1.54, 1.807) is 6.08 Å². The predicted octanol–water partition coefficient (Wildman–Crippen LogP) is 19.4. The van der Waals surface area contributed by atoms with Crippen molar-refractivity contribution in [2.24, 2.45) is 0 Å². The zero-order chi connectivity index (χ0) is 50.0. The fourth-order valence-corrected chi connectivity index (χ4v) is 9.69. The van der Waals surface area contributed by atoms with E-state index in [4.69, 9.17) is 4.74 Å². The van der Waals surface area contributed by atoms with Crippen LogP contribution in [0.15, 0.2) is 24.3 Å². The number of aliphatic hydroxyl groups is 2. The molecule has 408 valence electrons. The smallest absolute Gasteiger partial charge is 0.305 e. The first kappa shape index (κ1) is 67.3. The van der Waals surface area contributed by atoms with E-state index < -0.39 is 12.1 Å². The summed E-state index contributed by atoms with van der Waals surface area (Å²) >= 11 is 0. The number of hydrogen-bond donors (Lipinski definition) is 3. The SMILES string of the molecule is CCCCCCCCC/C=C\CCCCCCCC(=O)OCCCCCCCCCCCCCCCCCCCCCCCCCCCCC(=O)NC(CO)C(O)/C=C/CCCCCCCCCC. The molecule has 0 fully saturated rings. The maximum absolute atomic E-state index is 12.4. The first-order chi connectivity index (χ1) is 34.0. The highest BCUT2D eigenvalue weighted by molar-refractivity contribution is 5.76. The van der Waals surface area contributed by atoms with Gasteiger partial charge in [-0.3, -0.25) is 9.59 Å². The van der Waals surface area contributed by atoms with E-state index >= 15 is 0 Å². The molecule has 6 nitrogen and oxygen atoms in total. The molecule has 1 amide bonds. The van der Waals surface area contributed by atoms with Gasteiger partial charge >= 0.3 is 5.97 Å². The van der Waals surface area contributed by atoms with Gasteiger partial charge in [0.2, 0.25) is 5.91 Å². The molecule has 2 atom stereocenters. The Morgan fingerprint density at radius 1 is 0.391 bits per heavy atom. The average molecular weight is 973 g/mol. The topological polar surface area (TPSA) is 95.9 Å². The van der Waals surface area contributed by atoms with E-state index in [0.29, 0.717) is 19.4 Å². The van der Waals surface area contributed by atoms with Crippen molar-refractivity contribution in [2.45, 2.75) is 353 Å². The molecule has 3 N–H and O–H groups in total. The number of allylic oxidation sites excluding steroid dienone is 3. The van der Waals surface area contributed by atoms with Crippen molar-refractivity contribution < 1.29 is 24.5 Å². The van der Waals surface area contributed by atoms with Gasteiger partial charge < -0.3 is 20.3 Å². The fraction of sp³-hybridized carbons (Fsp3) is 0.905. The average Bonchev–Trinajstić information content (AvgIpc) is 3.35. The zero-order valence-electron chi connectivity index (χ0n) is 46.6. The lowest BCUT2D eigenvalue weighted by Crippen LogP contribution is -2.45. The molecule has 0 aromatic carbocycles. The van der Waals surface area contributed by atoms with Gasteiger partial charge in [-0.1, -0.05) is 295 Å². The second kappa shape index (κ2) is 58.9. The van der Waals surface area contributed by atoms with E-state index in [9.17, 15) is 19.8 Å². The van der Waals surface area contributed by atoms with Gasteiger partial charge in [0.1, 0.15) is 0 Å². The van der Waals surface area contributed by atoms with E-state index in [-0.39, 0.29) is 18.5 Å². The number of unbranched alkanes of at least 4 members (excludes halogenated alkanes) is 45. The highest BCUT2D eigenvalue weighted by atomic mass is 16.5. The van der Waals surface area contributed by atoms with Crippen molar-refractivity contribution in [1.82, 2.24) is 5.32 Å². The molecule has 0 aliphatic heterocycles. The van der Waals surface area contributed by atoms with Gasteiger partial charge in [-0.25, -0.2) is 0 Å². The van der Waals surface area contributed by atoms with Crippen molar-refractivity contribution >= 4 is 11.9 Å². The van der Waals surface area contributed by atoms with Crippen LogP contribution in [0.3, 0.4) is 0 Å². The van der Waals surface area contributed by atoms with Gasteiger partial charge in [-0.05, 0) is 57.8 Å². The largest absolute Gasteiger partial charge is 0.466 e. The van der Waals surface area contributed by atoms with Gasteiger partial charge in [-0.15, -0.1) is 0 Å². The van der Waals surface area contributed by atoms with Crippen molar-refractivity contribution in [3.63, 3.8) is 0 Å². The quantitative estimate of drug-likeness (QED) is 0.0321. The molecular formula is C63H121NO5. The number of esters is 1. The molecule has 0 aromatic rings. The number of hydrogen-bond acceptors (Lipinski definition) is 5. The Morgan fingerprint density at radius 3 is 1.03 bits per heavy atom. The van der Waals surface area contributed by atoms with Crippen LogP contribution in [0.2, 0.25) is 0 Å². The fourth-order valence-electron chi connectivity index (χ4n) is 9.69. The Morgan fingerprint density at radius 2 is 0.681 bits per heavy atom. The van der Waals surface area contributed by atoms with Crippen LogP contribution in [0.1, 0.15) is 341 Å². The molecule has 0 aromatic heterocycles. The third-order valence-corrected chi connectivity index (χ3v) is 14.5. The maximum Gasteiger partial charge on any atom is 0.305 e. The molecular weight excluding hydrogens is 851 g/mol. The van der Waals surface area contributed by atoms with Crippen LogP contribution in [0.4, 0.5) is 0 Å². The third-order valence-electron chi connectivity index (χ3n) is 14.5. The number of ether oxygens (including phenoxy) is 1. The summed E-state index contributed by atoms with van der Waals surface area (Å²) in [6.45, 7) is 4.90. The molecule has 0 heterocycles. The van der Waals surface area contributed by atoms with Crippen LogP contribution < -0.4 is 5.32 Å². The monoisotopic (exact) mass is 972 g/mol. The number of rotatable bonds is 58. The Balaban J connectivity index is 3.34. The summed E-state index contributed by atoms with van der Waals surface area (Å²) in [5, 5.41) is 23.0. The van der Waals surface area contributed by atoms with E-state index in [2.05, 4.69) is 31.3 Å². The van der Waals surface area contributed by atoms with Crippen LogP contribution in [0.25, 0.3) is 0 Å². The lowest BCUT2D eigenvalue weighted by Gasteiger charge is -2.20. The molecule has 6 heteroatoms. The summed E-state index contributed by atoms with van der Waals surface area (Å²) in [6, 6.07) is -0.624. The van der Waals surface area contributed by atoms with Gasteiger partial charge in [0.05, 0.1) is 25.4 Å². The molecule has 0 saturated carbocycles. The number of nitrogens with one attached hydrogen (secondary N) is 1. The number of amides is 1. The van der Waals surface area contributed by atoms with Gasteiger partial charge in [0.15, 0.2) is 0 Å². The van der Waals surface area contributed by atoms with Gasteiger partial charge in [-0.2, -0.15) is 0 Å². The van der Waals surface area contributed by atoms with Gasteiger partial charge in [0, 0.05) is 12.8 Å². The molecule has 2 unspecified atom stereocenters. The van der Waals surface area contributed by atoms with Gasteiger partial charge in [0.25, 0.3) is 0 Å². The Kier molecular flexibility index (Phi) is 57.5. The normalized spacial score (nSPS) is 12.7. The maximum atomic E-state index is 12.4. The summed E-state index contributed by atoms with van der Waals surface area (Å²) in [5.74, 6) is -0.0572. The minimum absolute atomic E-state index is 0.00960. The van der Waals surface area contributed by atoms with Crippen LogP contribution in [-0.2, 0) is 14.3 Å². The third kappa shape index (κ3) is 55.5. The van der Waals surface area contributed by atoms with Crippen LogP contribution in [0.5, 0.6) is 0 Å². The Bertz CT molecular complexity index is 1080. The van der Waals surface area contributed by atoms with Crippen LogP contribution >= 0.6 is 0 Å². The minimum atomic E-state index is -0.840. The standard InChI is InChI=1S/C63H121NO5/c1-3-5-7-9-11-13-15-16-17-31-34-37-41-45-49-53-57-63(68)69-58-54-50-46-42-38-35-32-29-27-25-23-21-19-18-20-22-24-26-28-30-33-36-40-44-48-52-56-62(67)64-60(59-65)61(66)55-51-47-43-39-14-12-10-8-6-4-2/h17,31,51,55,60-61,65-66H,3-16,18-30,32-50,52-54,56-59H2,1-2H3,(H,64,67)/b31-17-,55-51+. The summed E-state index contributed by atoms with van der Waals surface area (Å²) in [7, 11) is 0. The highest BCUT2D eigenvalue weighted by Crippen LogP contribution is 2.18. The molecule has 0 bridgehead atoms. The first-order valence-corrected chi connectivity index (χ1v) is 31.1. The Labute approximate surface area is 431 Å². The van der Waals surface area contributed by atoms with Crippen molar-refractivity contribution in [2.75, 3.05) is 13.2 Å². The summed E-state index contributed by atoms with van der Waals surface area (Å²) in [6.07, 6.45) is 72.3. The molecule has 0 rings (SSSR count). The van der Waals surface area contributed by atoms with E-state index in [1.807, 2.05) is 6.08 Å². The summed E-state index contributed by atoms with van der Waals surface area (Å²) in [4.78, 5) is 24.5. The molecule has 0 saturated heterocycles. The van der Waals surface area contributed by atoms with E-state index in [1.165, 1.54) is 270 Å². The van der Waals surface area contributed by atoms with Crippen molar-refractivity contribution in [3.8, 4) is 0 Å². The molecule has 69 heavy (non-hydrogen) atoms. The number of carbonyl (C=O) groups is 2. The lowest BCUT2D eigenvalue weighted by molar-refractivity contribution is -0.143. The molecule has 0 radical (unpaired) electrons. The highest BCUT2D eigenvalue weighted by Gasteiger charge is 2.18. The minimum Gasteiger partial charge on any atom is -0.466 e. The van der Waals surface area contributed by atoms with Crippen molar-refractivity contribution in [3.05, 3.63) is 24.3 Å². The summed E-state index contributed by atoms with van der Waals surface area (Å²) in [5.41, 5.74) is 0. The second-order valence-corrected chi connectivity index (χ2v) is 21.4. The van der Waals surface area contributed by atoms with Crippen LogP contribution in [-0.4, -0.2) is 47.4 Å². The van der Waals surface area contributed by atoms with E-state index in [0.717, 1.165) is 44.9 Å². The zero-order valence-corrected chi connectivity index (χ0v) is 46.6. The lowest BCUT2D eigenvalue weighted by atomic mass is 10.0.